The highest BCUT2D eigenvalue weighted by molar-refractivity contribution is 6.01. The molecule has 0 saturated carbocycles. The van der Waals surface area contributed by atoms with Gasteiger partial charge in [0.15, 0.2) is 12.4 Å². The van der Waals surface area contributed by atoms with Gasteiger partial charge in [-0.15, -0.1) is 0 Å². The van der Waals surface area contributed by atoms with Crippen LogP contribution >= 0.6 is 0 Å². The number of ether oxygens (including phenoxy) is 4. The molecule has 9 nitrogen and oxygen atoms in total. The summed E-state index contributed by atoms with van der Waals surface area (Å²) < 4.78 is 21.5. The normalized spacial score (nSPS) is 14.3. The topological polar surface area (TPSA) is 108 Å². The summed E-state index contributed by atoms with van der Waals surface area (Å²) in [6.07, 6.45) is -0.0153. The zero-order valence-electron chi connectivity index (χ0n) is 22.7. The summed E-state index contributed by atoms with van der Waals surface area (Å²) in [5.41, 5.74) is 1.33. The largest absolute Gasteiger partial charge is 0.497 e. The highest BCUT2D eigenvalue weighted by atomic mass is 16.5. The lowest BCUT2D eigenvalue weighted by Crippen LogP contribution is -2.27. The molecule has 1 saturated heterocycles. The SMILES string of the molecule is COc1ccc(Oc2ccc(N3C[C@@H](C(=O)OCC(=O)c4ccc(OC(=O)c5ccccc5)cc4)CC3=O)cc2)cc1. The van der Waals surface area contributed by atoms with Gasteiger partial charge in [-0.25, -0.2) is 4.79 Å². The van der Waals surface area contributed by atoms with Crippen LogP contribution in [-0.4, -0.2) is 43.9 Å². The molecule has 4 aromatic rings. The third-order valence-electron chi connectivity index (χ3n) is 6.64. The second-order valence-electron chi connectivity index (χ2n) is 9.49. The molecule has 0 aliphatic carbocycles. The molecule has 1 heterocycles. The summed E-state index contributed by atoms with van der Waals surface area (Å²) in [6, 6.07) is 28.7. The van der Waals surface area contributed by atoms with Gasteiger partial charge in [0, 0.05) is 24.2 Å². The van der Waals surface area contributed by atoms with Crippen molar-refractivity contribution in [1.29, 1.82) is 0 Å². The third-order valence-corrected chi connectivity index (χ3v) is 6.64. The van der Waals surface area contributed by atoms with Crippen molar-refractivity contribution in [3.63, 3.8) is 0 Å². The van der Waals surface area contributed by atoms with E-state index in [-0.39, 0.29) is 24.6 Å². The first-order chi connectivity index (χ1) is 20.4. The molecule has 5 rings (SSSR count). The van der Waals surface area contributed by atoms with E-state index in [1.165, 1.54) is 29.2 Å². The number of carbonyl (C=O) groups excluding carboxylic acids is 4. The predicted molar refractivity (Wildman–Crippen MR) is 153 cm³/mol. The number of anilines is 1. The van der Waals surface area contributed by atoms with Gasteiger partial charge in [0.05, 0.1) is 18.6 Å². The molecule has 0 unspecified atom stereocenters. The molecule has 0 spiro atoms. The number of rotatable bonds is 10. The van der Waals surface area contributed by atoms with E-state index in [4.69, 9.17) is 18.9 Å². The minimum absolute atomic E-state index is 0.0153. The smallest absolute Gasteiger partial charge is 0.343 e. The monoisotopic (exact) mass is 565 g/mol. The van der Waals surface area contributed by atoms with Gasteiger partial charge in [-0.05, 0) is 84.9 Å². The van der Waals surface area contributed by atoms with Crippen LogP contribution in [0.2, 0.25) is 0 Å². The molecule has 1 aliphatic rings. The van der Waals surface area contributed by atoms with Crippen LogP contribution in [0.5, 0.6) is 23.0 Å². The first kappa shape index (κ1) is 28.1. The fraction of sp³-hybridized carbons (Fsp3) is 0.152. The number of carbonyl (C=O) groups is 4. The van der Waals surface area contributed by atoms with Gasteiger partial charge in [-0.2, -0.15) is 0 Å². The first-order valence-electron chi connectivity index (χ1n) is 13.2. The number of Topliss-reactive ketones (excluding diaryl/α,β-unsaturated/α-hetero) is 1. The Bertz CT molecular complexity index is 1570. The number of hydrogen-bond donors (Lipinski definition) is 0. The predicted octanol–water partition coefficient (Wildman–Crippen LogP) is 5.49. The Labute approximate surface area is 242 Å². The van der Waals surface area contributed by atoms with Crippen molar-refractivity contribution in [2.45, 2.75) is 6.42 Å². The molecule has 1 atom stereocenters. The Hall–Kier alpha value is -5.44. The molecule has 0 radical (unpaired) electrons. The van der Waals surface area contributed by atoms with Gasteiger partial charge in [-0.1, -0.05) is 18.2 Å². The number of hydrogen-bond acceptors (Lipinski definition) is 8. The number of methoxy groups -OCH3 is 1. The average Bonchev–Trinajstić information content (AvgIpc) is 3.42. The van der Waals surface area contributed by atoms with Crippen LogP contribution in [0.3, 0.4) is 0 Å². The Balaban J connectivity index is 1.10. The van der Waals surface area contributed by atoms with Crippen molar-refractivity contribution in [1.82, 2.24) is 0 Å². The van der Waals surface area contributed by atoms with Crippen LogP contribution in [0.15, 0.2) is 103 Å². The number of benzene rings is 4. The molecule has 0 aromatic heterocycles. The van der Waals surface area contributed by atoms with E-state index >= 15 is 0 Å². The minimum atomic E-state index is -0.694. The van der Waals surface area contributed by atoms with E-state index in [2.05, 4.69) is 0 Å². The highest BCUT2D eigenvalue weighted by Gasteiger charge is 2.36. The van der Waals surface area contributed by atoms with Crippen LogP contribution in [-0.2, 0) is 14.3 Å². The maximum atomic E-state index is 12.7. The lowest BCUT2D eigenvalue weighted by atomic mass is 10.1. The van der Waals surface area contributed by atoms with E-state index in [1.807, 2.05) is 0 Å². The summed E-state index contributed by atoms with van der Waals surface area (Å²) in [7, 11) is 1.59. The summed E-state index contributed by atoms with van der Waals surface area (Å²) in [5, 5.41) is 0. The van der Waals surface area contributed by atoms with Crippen LogP contribution in [0.25, 0.3) is 0 Å². The van der Waals surface area contributed by atoms with Crippen LogP contribution < -0.4 is 19.1 Å². The molecule has 42 heavy (non-hydrogen) atoms. The second kappa shape index (κ2) is 12.8. The van der Waals surface area contributed by atoms with E-state index in [9.17, 15) is 19.2 Å². The molecular weight excluding hydrogens is 538 g/mol. The molecule has 1 amide bonds. The van der Waals surface area contributed by atoms with Crippen molar-refractivity contribution in [3.8, 4) is 23.0 Å². The number of nitrogens with zero attached hydrogens (tertiary/aromatic N) is 1. The molecule has 0 N–H and O–H groups in total. The average molecular weight is 566 g/mol. The Morgan fingerprint density at radius 2 is 1.33 bits per heavy atom. The van der Waals surface area contributed by atoms with Crippen molar-refractivity contribution in [3.05, 3.63) is 114 Å². The van der Waals surface area contributed by atoms with Gasteiger partial charge >= 0.3 is 11.9 Å². The summed E-state index contributed by atoms with van der Waals surface area (Å²) in [4.78, 5) is 51.6. The van der Waals surface area contributed by atoms with E-state index in [0.29, 0.717) is 28.3 Å². The first-order valence-corrected chi connectivity index (χ1v) is 13.2. The molecule has 0 bridgehead atoms. The van der Waals surface area contributed by atoms with Gasteiger partial charge in [0.1, 0.15) is 23.0 Å². The summed E-state index contributed by atoms with van der Waals surface area (Å²) in [6.45, 7) is -0.323. The Morgan fingerprint density at radius 3 is 1.98 bits per heavy atom. The van der Waals surface area contributed by atoms with Crippen LogP contribution in [0, 0.1) is 5.92 Å². The maximum absolute atomic E-state index is 12.7. The molecule has 1 aliphatic heterocycles. The number of amides is 1. The van der Waals surface area contributed by atoms with Gasteiger partial charge in [-0.3, -0.25) is 14.4 Å². The maximum Gasteiger partial charge on any atom is 0.343 e. The minimum Gasteiger partial charge on any atom is -0.497 e. The van der Waals surface area contributed by atoms with Crippen molar-refractivity contribution in [2.24, 2.45) is 5.92 Å². The zero-order valence-corrected chi connectivity index (χ0v) is 22.7. The summed E-state index contributed by atoms with van der Waals surface area (Å²) in [5.74, 6) is -0.227. The summed E-state index contributed by atoms with van der Waals surface area (Å²) >= 11 is 0. The van der Waals surface area contributed by atoms with E-state index in [0.717, 1.165) is 5.75 Å². The molecular formula is C33H27NO8. The molecule has 4 aromatic carbocycles. The van der Waals surface area contributed by atoms with E-state index in [1.54, 1.807) is 86.0 Å². The fourth-order valence-corrected chi connectivity index (χ4v) is 4.38. The fourth-order valence-electron chi connectivity index (χ4n) is 4.38. The quantitative estimate of drug-likeness (QED) is 0.141. The van der Waals surface area contributed by atoms with Gasteiger partial charge in [0.25, 0.3) is 0 Å². The number of esters is 2. The number of ketones is 1. The molecule has 1 fully saturated rings. The third kappa shape index (κ3) is 6.82. The van der Waals surface area contributed by atoms with Gasteiger partial charge < -0.3 is 23.8 Å². The van der Waals surface area contributed by atoms with E-state index < -0.39 is 30.2 Å². The van der Waals surface area contributed by atoms with Crippen molar-refractivity contribution < 1.29 is 38.1 Å². The molecule has 212 valence electrons. The zero-order chi connectivity index (χ0) is 29.5. The van der Waals surface area contributed by atoms with Crippen LogP contribution in [0.4, 0.5) is 5.69 Å². The highest BCUT2D eigenvalue weighted by Crippen LogP contribution is 2.30. The van der Waals surface area contributed by atoms with Gasteiger partial charge in [0.2, 0.25) is 5.91 Å². The lowest BCUT2D eigenvalue weighted by Gasteiger charge is -2.17. The van der Waals surface area contributed by atoms with Crippen LogP contribution in [0.1, 0.15) is 27.1 Å². The lowest BCUT2D eigenvalue weighted by molar-refractivity contribution is -0.147. The Kier molecular flexibility index (Phi) is 8.58. The standard InChI is InChI=1S/C33H27NO8/c1-39-26-15-17-28(18-16-26)41-27-13-9-25(10-14-27)34-20-24(19-31(34)36)32(37)40-21-30(35)22-7-11-29(12-8-22)42-33(38)23-5-3-2-4-6-23/h2-18,24H,19-21H2,1H3/t24-/m0/s1. The molecule has 9 heteroatoms. The van der Waals surface area contributed by atoms with Crippen molar-refractivity contribution in [2.75, 3.05) is 25.2 Å². The van der Waals surface area contributed by atoms with Crippen molar-refractivity contribution >= 4 is 29.3 Å². The second-order valence-corrected chi connectivity index (χ2v) is 9.49. The Morgan fingerprint density at radius 1 is 0.738 bits per heavy atom.